The Hall–Kier alpha value is -2.77. The number of rotatable bonds is 8. The zero-order valence-electron chi connectivity index (χ0n) is 15.2. The zero-order chi connectivity index (χ0) is 19.5. The number of nitrogens with zero attached hydrogens (tertiary/aromatic N) is 2. The SMILES string of the molecule is CN=C(NCCCCNc1ccccn1)NCc1cccc(C(F)(F)F)c1. The highest BCUT2D eigenvalue weighted by molar-refractivity contribution is 5.79. The van der Waals surface area contributed by atoms with Crippen LogP contribution < -0.4 is 16.0 Å². The van der Waals surface area contributed by atoms with Crippen LogP contribution in [0.2, 0.25) is 0 Å². The van der Waals surface area contributed by atoms with Crippen molar-refractivity contribution < 1.29 is 13.2 Å². The molecule has 1 heterocycles. The van der Waals surface area contributed by atoms with Crippen LogP contribution in [0.3, 0.4) is 0 Å². The number of alkyl halides is 3. The van der Waals surface area contributed by atoms with E-state index in [1.54, 1.807) is 19.3 Å². The van der Waals surface area contributed by atoms with Gasteiger partial charge in [0.05, 0.1) is 5.56 Å². The number of aliphatic imine (C=N–C) groups is 1. The van der Waals surface area contributed by atoms with Crippen molar-refractivity contribution in [2.24, 2.45) is 4.99 Å². The molecule has 0 saturated carbocycles. The minimum atomic E-state index is -4.33. The Bertz CT molecular complexity index is 717. The molecule has 0 aliphatic heterocycles. The molecular weight excluding hydrogens is 355 g/mol. The normalized spacial score (nSPS) is 11.9. The number of nitrogens with one attached hydrogen (secondary N) is 3. The first-order valence-corrected chi connectivity index (χ1v) is 8.74. The van der Waals surface area contributed by atoms with E-state index in [1.807, 2.05) is 18.2 Å². The fraction of sp³-hybridized carbons (Fsp3) is 0.368. The number of anilines is 1. The number of hydrogen-bond acceptors (Lipinski definition) is 3. The van der Waals surface area contributed by atoms with Crippen LogP contribution in [0.25, 0.3) is 0 Å². The number of guanidine groups is 1. The summed E-state index contributed by atoms with van der Waals surface area (Å²) in [4.78, 5) is 8.27. The van der Waals surface area contributed by atoms with E-state index in [1.165, 1.54) is 6.07 Å². The summed E-state index contributed by atoms with van der Waals surface area (Å²) < 4.78 is 38.2. The van der Waals surface area contributed by atoms with Gasteiger partial charge in [0.15, 0.2) is 5.96 Å². The van der Waals surface area contributed by atoms with E-state index in [-0.39, 0.29) is 6.54 Å². The van der Waals surface area contributed by atoms with Gasteiger partial charge in [0.1, 0.15) is 5.82 Å². The molecule has 3 N–H and O–H groups in total. The average Bonchev–Trinajstić information content (AvgIpc) is 2.67. The molecule has 2 aromatic rings. The third kappa shape index (κ3) is 7.55. The molecule has 8 heteroatoms. The lowest BCUT2D eigenvalue weighted by atomic mass is 10.1. The summed E-state index contributed by atoms with van der Waals surface area (Å²) in [5.41, 5.74) is -0.0995. The molecule has 0 radical (unpaired) electrons. The van der Waals surface area contributed by atoms with Crippen molar-refractivity contribution in [3.8, 4) is 0 Å². The molecule has 0 atom stereocenters. The molecule has 146 valence electrons. The maximum atomic E-state index is 12.7. The molecule has 1 aromatic carbocycles. The number of aromatic nitrogens is 1. The van der Waals surface area contributed by atoms with Crippen molar-refractivity contribution in [1.29, 1.82) is 0 Å². The molecule has 0 fully saturated rings. The second kappa shape index (κ2) is 10.4. The van der Waals surface area contributed by atoms with Crippen LogP contribution in [0.4, 0.5) is 19.0 Å². The molecule has 0 aliphatic rings. The fourth-order valence-corrected chi connectivity index (χ4v) is 2.40. The molecule has 2 rings (SSSR count). The van der Waals surface area contributed by atoms with E-state index < -0.39 is 11.7 Å². The number of pyridine rings is 1. The van der Waals surface area contributed by atoms with Crippen molar-refractivity contribution in [1.82, 2.24) is 15.6 Å². The Kier molecular flexibility index (Phi) is 7.91. The molecule has 27 heavy (non-hydrogen) atoms. The Morgan fingerprint density at radius 3 is 2.56 bits per heavy atom. The highest BCUT2D eigenvalue weighted by atomic mass is 19.4. The molecule has 0 spiro atoms. The first kappa shape index (κ1) is 20.5. The maximum Gasteiger partial charge on any atom is 0.416 e. The van der Waals surface area contributed by atoms with E-state index in [9.17, 15) is 13.2 Å². The Balaban J connectivity index is 1.66. The monoisotopic (exact) mass is 379 g/mol. The van der Waals surface area contributed by atoms with Crippen LogP contribution in [0.5, 0.6) is 0 Å². The Morgan fingerprint density at radius 2 is 1.85 bits per heavy atom. The molecule has 1 aromatic heterocycles. The van der Waals surface area contributed by atoms with Gasteiger partial charge < -0.3 is 16.0 Å². The average molecular weight is 379 g/mol. The van der Waals surface area contributed by atoms with E-state index in [4.69, 9.17) is 0 Å². The number of halogens is 3. The van der Waals surface area contributed by atoms with Crippen LogP contribution in [-0.2, 0) is 12.7 Å². The topological polar surface area (TPSA) is 61.3 Å². The van der Waals surface area contributed by atoms with Gasteiger partial charge in [-0.25, -0.2) is 4.98 Å². The van der Waals surface area contributed by atoms with E-state index in [2.05, 4.69) is 25.9 Å². The van der Waals surface area contributed by atoms with Crippen molar-refractivity contribution in [3.05, 3.63) is 59.8 Å². The molecule has 0 unspecified atom stereocenters. The lowest BCUT2D eigenvalue weighted by Gasteiger charge is -2.13. The fourth-order valence-electron chi connectivity index (χ4n) is 2.40. The molecule has 0 saturated heterocycles. The highest BCUT2D eigenvalue weighted by Gasteiger charge is 2.30. The minimum Gasteiger partial charge on any atom is -0.370 e. The van der Waals surface area contributed by atoms with Crippen LogP contribution in [-0.4, -0.2) is 31.1 Å². The van der Waals surface area contributed by atoms with Crippen LogP contribution in [0.15, 0.2) is 53.7 Å². The summed E-state index contributed by atoms with van der Waals surface area (Å²) in [6, 6.07) is 11.0. The van der Waals surface area contributed by atoms with Crippen molar-refractivity contribution >= 4 is 11.8 Å². The quantitative estimate of drug-likeness (QED) is 0.372. The van der Waals surface area contributed by atoms with Crippen molar-refractivity contribution in [3.63, 3.8) is 0 Å². The van der Waals surface area contributed by atoms with Crippen LogP contribution in [0.1, 0.15) is 24.0 Å². The van der Waals surface area contributed by atoms with Gasteiger partial charge in [-0.05, 0) is 42.7 Å². The molecule has 0 aliphatic carbocycles. The van der Waals surface area contributed by atoms with E-state index >= 15 is 0 Å². The lowest BCUT2D eigenvalue weighted by Crippen LogP contribution is -2.37. The van der Waals surface area contributed by atoms with Gasteiger partial charge >= 0.3 is 6.18 Å². The van der Waals surface area contributed by atoms with Crippen molar-refractivity contribution in [2.45, 2.75) is 25.6 Å². The third-order valence-corrected chi connectivity index (χ3v) is 3.80. The summed E-state index contributed by atoms with van der Waals surface area (Å²) in [7, 11) is 1.63. The standard InChI is InChI=1S/C19H24F3N5/c1-23-18(26-12-5-4-11-25-17-9-2-3-10-24-17)27-14-15-7-6-8-16(13-15)19(20,21)22/h2-3,6-10,13H,4-5,11-12,14H2,1H3,(H,24,25)(H2,23,26,27). The lowest BCUT2D eigenvalue weighted by molar-refractivity contribution is -0.137. The smallest absolute Gasteiger partial charge is 0.370 e. The van der Waals surface area contributed by atoms with Gasteiger partial charge in [-0.15, -0.1) is 0 Å². The first-order valence-electron chi connectivity index (χ1n) is 8.74. The molecule has 5 nitrogen and oxygen atoms in total. The number of hydrogen-bond donors (Lipinski definition) is 3. The van der Waals surface area contributed by atoms with Crippen molar-refractivity contribution in [2.75, 3.05) is 25.5 Å². The summed E-state index contributed by atoms with van der Waals surface area (Å²) in [6.07, 6.45) is -0.721. The first-order chi connectivity index (χ1) is 13.0. The van der Waals surface area contributed by atoms with E-state index in [0.29, 0.717) is 18.1 Å². The van der Waals surface area contributed by atoms with Gasteiger partial charge in [-0.3, -0.25) is 4.99 Å². The predicted molar refractivity (Wildman–Crippen MR) is 102 cm³/mol. The van der Waals surface area contributed by atoms with Crippen LogP contribution in [0, 0.1) is 0 Å². The van der Waals surface area contributed by atoms with Crippen LogP contribution >= 0.6 is 0 Å². The Morgan fingerprint density at radius 1 is 1.04 bits per heavy atom. The summed E-state index contributed by atoms with van der Waals surface area (Å²) in [5, 5.41) is 9.42. The predicted octanol–water partition coefficient (Wildman–Crippen LogP) is 3.66. The van der Waals surface area contributed by atoms with Gasteiger partial charge in [-0.2, -0.15) is 13.2 Å². The summed E-state index contributed by atoms with van der Waals surface area (Å²) in [5.74, 6) is 1.41. The van der Waals surface area contributed by atoms with E-state index in [0.717, 1.165) is 37.3 Å². The maximum absolute atomic E-state index is 12.7. The highest BCUT2D eigenvalue weighted by Crippen LogP contribution is 2.29. The van der Waals surface area contributed by atoms with Gasteiger partial charge in [0.25, 0.3) is 0 Å². The number of benzene rings is 1. The van der Waals surface area contributed by atoms with Gasteiger partial charge in [0, 0.05) is 32.9 Å². The zero-order valence-corrected chi connectivity index (χ0v) is 15.2. The minimum absolute atomic E-state index is 0.269. The molecule has 0 amide bonds. The third-order valence-electron chi connectivity index (χ3n) is 3.80. The molecular formula is C19H24F3N5. The molecule has 0 bridgehead atoms. The summed E-state index contributed by atoms with van der Waals surface area (Å²) in [6.45, 7) is 1.80. The Labute approximate surface area is 157 Å². The van der Waals surface area contributed by atoms with Gasteiger partial charge in [0.2, 0.25) is 0 Å². The van der Waals surface area contributed by atoms with Gasteiger partial charge in [-0.1, -0.05) is 18.2 Å². The second-order valence-electron chi connectivity index (χ2n) is 5.90. The number of unbranched alkanes of at least 4 members (excludes halogenated alkanes) is 1. The largest absolute Gasteiger partial charge is 0.416 e. The summed E-state index contributed by atoms with van der Waals surface area (Å²) >= 11 is 0. The second-order valence-corrected chi connectivity index (χ2v) is 5.90.